The van der Waals surface area contributed by atoms with Crippen molar-refractivity contribution in [2.45, 2.75) is 31.7 Å². The lowest BCUT2D eigenvalue weighted by atomic mass is 10.1. The Morgan fingerprint density at radius 2 is 2.00 bits per heavy atom. The third-order valence-electron chi connectivity index (χ3n) is 4.95. The molecule has 2 unspecified atom stereocenters. The second-order valence-corrected chi connectivity index (χ2v) is 7.07. The summed E-state index contributed by atoms with van der Waals surface area (Å²) in [6.07, 6.45) is -1.76. The van der Waals surface area contributed by atoms with E-state index < -0.39 is 30.9 Å². The minimum atomic E-state index is -4.78. The van der Waals surface area contributed by atoms with Crippen LogP contribution in [0, 0.1) is 29.6 Å². The average Bonchev–Trinajstić information content (AvgIpc) is 3.32. The number of ether oxygens (including phenoxy) is 1. The van der Waals surface area contributed by atoms with E-state index >= 15 is 0 Å². The van der Waals surface area contributed by atoms with Gasteiger partial charge in [-0.15, -0.1) is 4.80 Å². The molecule has 0 saturated carbocycles. The second-order valence-electron chi connectivity index (χ2n) is 7.07. The molecule has 0 aliphatic carbocycles. The first kappa shape index (κ1) is 21.8. The Kier molecular flexibility index (Phi) is 5.43. The number of nitriles is 2. The minimum absolute atomic E-state index is 0.0259. The molecule has 2 aromatic rings. The number of nitrogens with zero attached hydrogens (tertiary/aromatic N) is 8. The van der Waals surface area contributed by atoms with Gasteiger partial charge in [0.2, 0.25) is 6.10 Å². The SMILES string of the molecule is Cc1ncc2c(c1C#N)OC(C(F)(F)F)CN2C(=O)NC1C=NC(n2nccn2)=C(C#N)C1. The van der Waals surface area contributed by atoms with Crippen molar-refractivity contribution in [1.82, 2.24) is 25.3 Å². The number of nitrogens with one attached hydrogen (secondary N) is 1. The van der Waals surface area contributed by atoms with Crippen LogP contribution >= 0.6 is 0 Å². The fourth-order valence-electron chi connectivity index (χ4n) is 3.34. The fraction of sp³-hybridized carbons (Fsp3) is 0.316. The molecule has 4 rings (SSSR count). The number of halogens is 3. The van der Waals surface area contributed by atoms with Crippen LogP contribution in [0.5, 0.6) is 5.75 Å². The van der Waals surface area contributed by atoms with Crippen molar-refractivity contribution in [3.05, 3.63) is 35.4 Å². The van der Waals surface area contributed by atoms with E-state index in [1.165, 1.54) is 31.7 Å². The maximum absolute atomic E-state index is 13.5. The van der Waals surface area contributed by atoms with Crippen LogP contribution in [0.1, 0.15) is 17.7 Å². The zero-order chi connectivity index (χ0) is 23.8. The van der Waals surface area contributed by atoms with Crippen molar-refractivity contribution in [2.75, 3.05) is 11.4 Å². The summed E-state index contributed by atoms with van der Waals surface area (Å²) in [7, 11) is 0. The monoisotopic (exact) mass is 457 g/mol. The average molecular weight is 457 g/mol. The molecule has 4 heterocycles. The molecule has 33 heavy (non-hydrogen) atoms. The van der Waals surface area contributed by atoms with Crippen molar-refractivity contribution in [2.24, 2.45) is 4.99 Å². The number of pyridine rings is 1. The Balaban J connectivity index is 1.61. The van der Waals surface area contributed by atoms with Crippen molar-refractivity contribution in [1.29, 1.82) is 10.5 Å². The predicted octanol–water partition coefficient (Wildman–Crippen LogP) is 1.93. The van der Waals surface area contributed by atoms with Crippen LogP contribution in [-0.2, 0) is 0 Å². The number of rotatable bonds is 2. The molecule has 2 aliphatic heterocycles. The van der Waals surface area contributed by atoms with Gasteiger partial charge in [0.25, 0.3) is 0 Å². The molecule has 11 nitrogen and oxygen atoms in total. The molecule has 2 amide bonds. The van der Waals surface area contributed by atoms with Crippen LogP contribution in [0.15, 0.2) is 29.2 Å². The van der Waals surface area contributed by atoms with E-state index in [2.05, 4.69) is 25.5 Å². The first-order valence-corrected chi connectivity index (χ1v) is 9.48. The molecule has 0 fully saturated rings. The number of carbonyl (C=O) groups is 1. The standard InChI is InChI=1S/C19H14F3N9O2/c1-10-13(6-24)16-14(8-25-10)30(9-15(33-16)19(20,21)22)18(32)29-12-4-11(5-23)17(26-7-12)31-27-2-3-28-31/h2-3,7-8,12,15H,4,9H2,1H3,(H,29,32). The van der Waals surface area contributed by atoms with E-state index in [4.69, 9.17) is 4.74 Å². The summed E-state index contributed by atoms with van der Waals surface area (Å²) < 4.78 is 45.5. The zero-order valence-corrected chi connectivity index (χ0v) is 16.9. The van der Waals surface area contributed by atoms with Crippen LogP contribution in [0.3, 0.4) is 0 Å². The fourth-order valence-corrected chi connectivity index (χ4v) is 3.34. The summed E-state index contributed by atoms with van der Waals surface area (Å²) in [5, 5.41) is 29.2. The van der Waals surface area contributed by atoms with Gasteiger partial charge >= 0.3 is 12.2 Å². The Bertz CT molecular complexity index is 1240. The topological polar surface area (TPSA) is 145 Å². The van der Waals surface area contributed by atoms with Crippen molar-refractivity contribution in [3.63, 3.8) is 0 Å². The molecule has 0 bridgehead atoms. The number of anilines is 1. The van der Waals surface area contributed by atoms with Gasteiger partial charge in [0.05, 0.1) is 48.5 Å². The Labute approximate surface area is 184 Å². The smallest absolute Gasteiger partial charge is 0.427 e. The predicted molar refractivity (Wildman–Crippen MR) is 106 cm³/mol. The molecule has 168 valence electrons. The first-order chi connectivity index (χ1) is 15.7. The van der Waals surface area contributed by atoms with Gasteiger partial charge in [-0.2, -0.15) is 33.9 Å². The van der Waals surface area contributed by atoms with Crippen molar-refractivity contribution in [3.8, 4) is 17.9 Å². The number of hydrogen-bond donors (Lipinski definition) is 1. The number of amides is 2. The summed E-state index contributed by atoms with van der Waals surface area (Å²) in [5.74, 6) is -0.184. The van der Waals surface area contributed by atoms with Crippen LogP contribution in [0.2, 0.25) is 0 Å². The quantitative estimate of drug-likeness (QED) is 0.725. The van der Waals surface area contributed by atoms with Gasteiger partial charge in [0.1, 0.15) is 17.3 Å². The maximum Gasteiger partial charge on any atom is 0.427 e. The first-order valence-electron chi connectivity index (χ1n) is 9.48. The van der Waals surface area contributed by atoms with E-state index in [1.807, 2.05) is 6.07 Å². The molecule has 0 radical (unpaired) electrons. The lowest BCUT2D eigenvalue weighted by molar-refractivity contribution is -0.193. The Morgan fingerprint density at radius 1 is 1.27 bits per heavy atom. The third kappa shape index (κ3) is 4.06. The number of aliphatic imine (C=N–C) groups is 1. The molecule has 2 aromatic heterocycles. The van der Waals surface area contributed by atoms with Crippen LogP contribution < -0.4 is 15.0 Å². The number of carbonyl (C=O) groups excluding carboxylic acids is 1. The van der Waals surface area contributed by atoms with E-state index in [9.17, 15) is 28.5 Å². The van der Waals surface area contributed by atoms with Crippen molar-refractivity contribution < 1.29 is 22.7 Å². The van der Waals surface area contributed by atoms with Gasteiger partial charge < -0.3 is 10.1 Å². The summed E-state index contributed by atoms with van der Waals surface area (Å²) in [5.41, 5.74) is 0.0888. The minimum Gasteiger partial charge on any atom is -0.475 e. The third-order valence-corrected chi connectivity index (χ3v) is 4.95. The lowest BCUT2D eigenvalue weighted by Crippen LogP contribution is -2.54. The Hall–Kier alpha value is -4.46. The number of alkyl halides is 3. The summed E-state index contributed by atoms with van der Waals surface area (Å²) in [6, 6.07) is 2.08. The van der Waals surface area contributed by atoms with Crippen LogP contribution in [-0.4, -0.2) is 57.1 Å². The molecule has 2 aliphatic rings. The van der Waals surface area contributed by atoms with Gasteiger partial charge in [-0.25, -0.2) is 9.79 Å². The highest BCUT2D eigenvalue weighted by Gasteiger charge is 2.48. The van der Waals surface area contributed by atoms with Crippen LogP contribution in [0.4, 0.5) is 23.7 Å². The number of hydrogen-bond acceptors (Lipinski definition) is 8. The largest absolute Gasteiger partial charge is 0.475 e. The van der Waals surface area contributed by atoms with Gasteiger partial charge in [0.15, 0.2) is 11.6 Å². The van der Waals surface area contributed by atoms with E-state index in [0.717, 1.165) is 9.70 Å². The van der Waals surface area contributed by atoms with Crippen LogP contribution in [0.25, 0.3) is 5.82 Å². The number of fused-ring (bicyclic) bond motifs is 1. The summed E-state index contributed by atoms with van der Waals surface area (Å²) in [6.45, 7) is 0.606. The molecular weight excluding hydrogens is 443 g/mol. The number of aromatic nitrogens is 4. The Morgan fingerprint density at radius 3 is 2.64 bits per heavy atom. The zero-order valence-electron chi connectivity index (χ0n) is 16.9. The summed E-state index contributed by atoms with van der Waals surface area (Å²) >= 11 is 0. The van der Waals surface area contributed by atoms with Gasteiger partial charge in [0, 0.05) is 12.6 Å². The van der Waals surface area contributed by atoms with Gasteiger partial charge in [-0.3, -0.25) is 9.88 Å². The van der Waals surface area contributed by atoms with Gasteiger partial charge in [-0.05, 0) is 6.92 Å². The summed E-state index contributed by atoms with van der Waals surface area (Å²) in [4.78, 5) is 23.1. The maximum atomic E-state index is 13.5. The van der Waals surface area contributed by atoms with Gasteiger partial charge in [-0.1, -0.05) is 0 Å². The van der Waals surface area contributed by atoms with Crippen molar-refractivity contribution >= 4 is 23.8 Å². The molecule has 0 aromatic carbocycles. The number of aryl methyl sites for hydroxylation is 1. The molecule has 2 atom stereocenters. The highest BCUT2D eigenvalue weighted by atomic mass is 19.4. The van der Waals surface area contributed by atoms with E-state index in [0.29, 0.717) is 0 Å². The highest BCUT2D eigenvalue weighted by Crippen LogP contribution is 2.40. The molecule has 1 N–H and O–H groups in total. The molecular formula is C19H14F3N9O2. The van der Waals surface area contributed by atoms with E-state index in [1.54, 1.807) is 6.07 Å². The lowest BCUT2D eigenvalue weighted by Gasteiger charge is -2.36. The van der Waals surface area contributed by atoms with E-state index in [-0.39, 0.29) is 40.5 Å². The second kappa shape index (κ2) is 8.23. The normalized spacial score (nSPS) is 19.9. The highest BCUT2D eigenvalue weighted by molar-refractivity contribution is 5.96. The molecule has 14 heteroatoms. The molecule has 0 spiro atoms. The number of urea groups is 1. The molecule has 0 saturated heterocycles.